The van der Waals surface area contributed by atoms with Crippen LogP contribution in [0.5, 0.6) is 0 Å². The zero-order chi connectivity index (χ0) is 14.8. The fraction of sp³-hybridized carbons (Fsp3) is 0.538. The highest BCUT2D eigenvalue weighted by Gasteiger charge is 2.38. The van der Waals surface area contributed by atoms with Crippen molar-refractivity contribution >= 4 is 33.0 Å². The SMILES string of the molecule is CNC(Cc1cc(Cl)ccc1Cl)C(C)(C)S(C)(=O)=O. The number of halogens is 2. The molecule has 0 saturated carbocycles. The van der Waals surface area contributed by atoms with E-state index < -0.39 is 14.6 Å². The zero-order valence-electron chi connectivity index (χ0n) is 11.5. The van der Waals surface area contributed by atoms with Crippen molar-refractivity contribution in [3.05, 3.63) is 33.8 Å². The molecule has 108 valence electrons. The van der Waals surface area contributed by atoms with Crippen molar-refractivity contribution < 1.29 is 8.42 Å². The molecule has 0 saturated heterocycles. The van der Waals surface area contributed by atoms with Gasteiger partial charge in [0.25, 0.3) is 0 Å². The summed E-state index contributed by atoms with van der Waals surface area (Å²) < 4.78 is 22.9. The maximum absolute atomic E-state index is 11.9. The van der Waals surface area contributed by atoms with E-state index in [2.05, 4.69) is 5.32 Å². The molecule has 0 aliphatic heterocycles. The third kappa shape index (κ3) is 3.85. The molecule has 0 spiro atoms. The molecule has 0 amide bonds. The fourth-order valence-electron chi connectivity index (χ4n) is 1.87. The molecule has 0 aliphatic rings. The second-order valence-corrected chi connectivity index (χ2v) is 8.60. The molecule has 1 N–H and O–H groups in total. The minimum Gasteiger partial charge on any atom is -0.315 e. The molecule has 6 heteroatoms. The lowest BCUT2D eigenvalue weighted by Crippen LogP contribution is -2.51. The van der Waals surface area contributed by atoms with Gasteiger partial charge >= 0.3 is 0 Å². The Hall–Kier alpha value is -0.290. The number of rotatable bonds is 5. The molecule has 0 heterocycles. The lowest BCUT2D eigenvalue weighted by molar-refractivity contribution is 0.431. The minimum atomic E-state index is -3.20. The molecule has 1 aromatic rings. The molecule has 0 radical (unpaired) electrons. The topological polar surface area (TPSA) is 46.2 Å². The van der Waals surface area contributed by atoms with E-state index in [0.29, 0.717) is 16.5 Å². The predicted molar refractivity (Wildman–Crippen MR) is 81.9 cm³/mol. The van der Waals surface area contributed by atoms with Gasteiger partial charge in [-0.3, -0.25) is 0 Å². The summed E-state index contributed by atoms with van der Waals surface area (Å²) in [6.45, 7) is 3.42. The van der Waals surface area contributed by atoms with E-state index in [-0.39, 0.29) is 6.04 Å². The van der Waals surface area contributed by atoms with Crippen LogP contribution in [0.1, 0.15) is 19.4 Å². The van der Waals surface area contributed by atoms with Crippen molar-refractivity contribution in [2.75, 3.05) is 13.3 Å². The summed E-state index contributed by atoms with van der Waals surface area (Å²) in [6.07, 6.45) is 1.74. The van der Waals surface area contributed by atoms with Crippen molar-refractivity contribution in [2.24, 2.45) is 0 Å². The van der Waals surface area contributed by atoms with Crippen LogP contribution in [-0.2, 0) is 16.3 Å². The van der Waals surface area contributed by atoms with Crippen molar-refractivity contribution in [1.29, 1.82) is 0 Å². The van der Waals surface area contributed by atoms with Crippen molar-refractivity contribution in [3.63, 3.8) is 0 Å². The van der Waals surface area contributed by atoms with Gasteiger partial charge in [0.1, 0.15) is 0 Å². The summed E-state index contributed by atoms with van der Waals surface area (Å²) in [7, 11) is -1.45. The smallest absolute Gasteiger partial charge is 0.154 e. The number of benzene rings is 1. The van der Waals surface area contributed by atoms with Crippen LogP contribution in [0.15, 0.2) is 18.2 Å². The third-order valence-electron chi connectivity index (χ3n) is 3.58. The Morgan fingerprint density at radius 1 is 1.32 bits per heavy atom. The van der Waals surface area contributed by atoms with Gasteiger partial charge in [-0.25, -0.2) is 8.42 Å². The van der Waals surface area contributed by atoms with Gasteiger partial charge in [0.15, 0.2) is 9.84 Å². The van der Waals surface area contributed by atoms with Crippen LogP contribution in [0.2, 0.25) is 10.0 Å². The number of hydrogen-bond acceptors (Lipinski definition) is 3. The van der Waals surface area contributed by atoms with Gasteiger partial charge < -0.3 is 5.32 Å². The molecular weight excluding hydrogens is 305 g/mol. The monoisotopic (exact) mass is 323 g/mol. The van der Waals surface area contributed by atoms with E-state index in [1.807, 2.05) is 0 Å². The van der Waals surface area contributed by atoms with Gasteiger partial charge in [-0.05, 0) is 51.1 Å². The average molecular weight is 324 g/mol. The Balaban J connectivity index is 3.10. The van der Waals surface area contributed by atoms with Crippen LogP contribution in [0.25, 0.3) is 0 Å². The van der Waals surface area contributed by atoms with Crippen LogP contribution in [0.4, 0.5) is 0 Å². The van der Waals surface area contributed by atoms with Crippen LogP contribution in [0.3, 0.4) is 0 Å². The minimum absolute atomic E-state index is 0.251. The Morgan fingerprint density at radius 3 is 2.37 bits per heavy atom. The van der Waals surface area contributed by atoms with E-state index >= 15 is 0 Å². The van der Waals surface area contributed by atoms with E-state index in [9.17, 15) is 8.42 Å². The summed E-state index contributed by atoms with van der Waals surface area (Å²) in [5.41, 5.74) is 0.838. The molecule has 3 nitrogen and oxygen atoms in total. The maximum atomic E-state index is 11.9. The van der Waals surface area contributed by atoms with E-state index in [4.69, 9.17) is 23.2 Å². The van der Waals surface area contributed by atoms with Crippen molar-refractivity contribution in [1.82, 2.24) is 5.32 Å². The zero-order valence-corrected chi connectivity index (χ0v) is 13.8. The summed E-state index contributed by atoms with van der Waals surface area (Å²) >= 11 is 12.1. The highest BCUT2D eigenvalue weighted by atomic mass is 35.5. The molecule has 1 aromatic carbocycles. The molecule has 0 aromatic heterocycles. The molecule has 0 fully saturated rings. The van der Waals surface area contributed by atoms with Gasteiger partial charge in [0.2, 0.25) is 0 Å². The summed E-state index contributed by atoms with van der Waals surface area (Å²) in [6, 6.07) is 4.95. The lowest BCUT2D eigenvalue weighted by Gasteiger charge is -2.32. The lowest BCUT2D eigenvalue weighted by atomic mass is 9.95. The first-order valence-electron chi connectivity index (χ1n) is 5.90. The molecule has 1 atom stereocenters. The Bertz CT molecular complexity index is 556. The predicted octanol–water partition coefficient (Wildman–Crippen LogP) is 2.95. The molecule has 1 rings (SSSR count). The van der Waals surface area contributed by atoms with Crippen LogP contribution in [0, 0.1) is 0 Å². The summed E-state index contributed by atoms with van der Waals surface area (Å²) in [4.78, 5) is 0. The molecule has 19 heavy (non-hydrogen) atoms. The Morgan fingerprint density at radius 2 is 1.89 bits per heavy atom. The van der Waals surface area contributed by atoms with Crippen molar-refractivity contribution in [3.8, 4) is 0 Å². The molecule has 0 aliphatic carbocycles. The summed E-state index contributed by atoms with van der Waals surface area (Å²) in [5, 5.41) is 4.24. The van der Waals surface area contributed by atoms with E-state index in [1.54, 1.807) is 39.1 Å². The van der Waals surface area contributed by atoms with Gasteiger partial charge in [-0.2, -0.15) is 0 Å². The van der Waals surface area contributed by atoms with Gasteiger partial charge in [-0.1, -0.05) is 23.2 Å². The number of hydrogen-bond donors (Lipinski definition) is 1. The molecular formula is C13H19Cl2NO2S. The summed E-state index contributed by atoms with van der Waals surface area (Å²) in [5.74, 6) is 0. The highest BCUT2D eigenvalue weighted by Crippen LogP contribution is 2.27. The van der Waals surface area contributed by atoms with Crippen LogP contribution in [-0.4, -0.2) is 32.5 Å². The Labute approximate surface area is 125 Å². The van der Waals surface area contributed by atoms with Crippen LogP contribution >= 0.6 is 23.2 Å². The fourth-order valence-corrected chi connectivity index (χ4v) is 2.98. The number of likely N-dealkylation sites (N-methyl/N-ethyl adjacent to an activating group) is 1. The van der Waals surface area contributed by atoms with E-state index in [0.717, 1.165) is 5.56 Å². The molecule has 0 bridgehead atoms. The van der Waals surface area contributed by atoms with Crippen LogP contribution < -0.4 is 5.32 Å². The number of sulfone groups is 1. The first-order chi connectivity index (χ1) is 8.59. The molecule has 1 unspecified atom stereocenters. The average Bonchev–Trinajstić information content (AvgIpc) is 2.28. The third-order valence-corrected chi connectivity index (χ3v) is 6.37. The van der Waals surface area contributed by atoms with Gasteiger partial charge in [-0.15, -0.1) is 0 Å². The second-order valence-electron chi connectivity index (χ2n) is 5.16. The van der Waals surface area contributed by atoms with E-state index in [1.165, 1.54) is 6.26 Å². The second kappa shape index (κ2) is 6.00. The maximum Gasteiger partial charge on any atom is 0.154 e. The quantitative estimate of drug-likeness (QED) is 0.906. The first kappa shape index (κ1) is 16.8. The normalized spacial score (nSPS) is 14.4. The van der Waals surface area contributed by atoms with Crippen molar-refractivity contribution in [2.45, 2.75) is 31.1 Å². The van der Waals surface area contributed by atoms with Gasteiger partial charge in [0, 0.05) is 22.3 Å². The largest absolute Gasteiger partial charge is 0.315 e. The standard InChI is InChI=1S/C13H19Cl2NO2S/c1-13(2,19(4,17)18)12(16-3)8-9-7-10(14)5-6-11(9)15/h5-7,12,16H,8H2,1-4H3. The van der Waals surface area contributed by atoms with Gasteiger partial charge in [0.05, 0.1) is 4.75 Å². The Kier molecular flexibility index (Phi) is 5.29. The highest BCUT2D eigenvalue weighted by molar-refractivity contribution is 7.92. The first-order valence-corrected chi connectivity index (χ1v) is 8.55. The number of nitrogens with one attached hydrogen (secondary N) is 1.